The van der Waals surface area contributed by atoms with Gasteiger partial charge in [-0.05, 0) is 43.4 Å². The van der Waals surface area contributed by atoms with Gasteiger partial charge in [-0.15, -0.1) is 0 Å². The van der Waals surface area contributed by atoms with Gasteiger partial charge >= 0.3 is 0 Å². The predicted molar refractivity (Wildman–Crippen MR) is 114 cm³/mol. The summed E-state index contributed by atoms with van der Waals surface area (Å²) >= 11 is 0. The molecule has 1 heterocycles. The Hall–Kier alpha value is -1.95. The molecule has 1 unspecified atom stereocenters. The van der Waals surface area contributed by atoms with Crippen molar-refractivity contribution in [2.45, 2.75) is 64.1 Å². The quantitative estimate of drug-likeness (QED) is 0.529. The molecule has 0 radical (unpaired) electrons. The zero-order valence-electron chi connectivity index (χ0n) is 17.7. The molecule has 3 rings (SSSR count). The third-order valence-electron chi connectivity index (χ3n) is 5.77. The van der Waals surface area contributed by atoms with Gasteiger partial charge in [0.1, 0.15) is 0 Å². The van der Waals surface area contributed by atoms with Crippen LogP contribution in [0.2, 0.25) is 0 Å². The van der Waals surface area contributed by atoms with E-state index in [0.29, 0.717) is 19.2 Å². The van der Waals surface area contributed by atoms with Gasteiger partial charge in [0.15, 0.2) is 17.5 Å². The lowest BCUT2D eigenvalue weighted by molar-refractivity contribution is 0.242. The summed E-state index contributed by atoms with van der Waals surface area (Å²) in [5.41, 5.74) is 1.14. The Morgan fingerprint density at radius 2 is 2.04 bits per heavy atom. The van der Waals surface area contributed by atoms with E-state index in [1.807, 2.05) is 19.2 Å². The van der Waals surface area contributed by atoms with Crippen LogP contribution in [0.1, 0.15) is 51.0 Å². The standard InChI is InChI=1S/C22H36N4O2/c1-4-13-28-20-10-9-17(14-21(20)27-3)15-24-22(23-2)25-18-11-12-26(16-18)19-7-5-6-8-19/h9-10,14,18-19H,4-8,11-13,15-16H2,1-3H3,(H2,23,24,25). The van der Waals surface area contributed by atoms with E-state index in [0.717, 1.165) is 42.0 Å². The van der Waals surface area contributed by atoms with Gasteiger partial charge in [-0.25, -0.2) is 0 Å². The van der Waals surface area contributed by atoms with Crippen molar-refractivity contribution in [3.05, 3.63) is 23.8 Å². The summed E-state index contributed by atoms with van der Waals surface area (Å²) < 4.78 is 11.2. The summed E-state index contributed by atoms with van der Waals surface area (Å²) in [4.78, 5) is 7.07. The summed E-state index contributed by atoms with van der Waals surface area (Å²) in [5.74, 6) is 2.44. The first kappa shape index (κ1) is 20.8. The molecule has 2 fully saturated rings. The van der Waals surface area contributed by atoms with Gasteiger partial charge in [0, 0.05) is 38.8 Å². The molecule has 6 nitrogen and oxygen atoms in total. The van der Waals surface area contributed by atoms with Gasteiger partial charge in [-0.1, -0.05) is 25.8 Å². The van der Waals surface area contributed by atoms with E-state index in [4.69, 9.17) is 9.47 Å². The number of ether oxygens (including phenoxy) is 2. The first-order valence-corrected chi connectivity index (χ1v) is 10.7. The van der Waals surface area contributed by atoms with E-state index in [-0.39, 0.29) is 0 Å². The highest BCUT2D eigenvalue weighted by molar-refractivity contribution is 5.80. The zero-order chi connectivity index (χ0) is 19.8. The summed E-state index contributed by atoms with van der Waals surface area (Å²) in [5, 5.41) is 7.03. The molecule has 6 heteroatoms. The van der Waals surface area contributed by atoms with Crippen LogP contribution in [0.4, 0.5) is 0 Å². The van der Waals surface area contributed by atoms with Crippen molar-refractivity contribution in [1.82, 2.24) is 15.5 Å². The summed E-state index contributed by atoms with van der Waals surface area (Å²) in [7, 11) is 3.52. The number of hydrogen-bond acceptors (Lipinski definition) is 4. The lowest BCUT2D eigenvalue weighted by Crippen LogP contribution is -2.45. The van der Waals surface area contributed by atoms with Crippen LogP contribution in [0.25, 0.3) is 0 Å². The molecule has 1 saturated heterocycles. The molecule has 1 aliphatic carbocycles. The maximum Gasteiger partial charge on any atom is 0.191 e. The fraction of sp³-hybridized carbons (Fsp3) is 0.682. The molecular weight excluding hydrogens is 352 g/mol. The van der Waals surface area contributed by atoms with Crippen LogP contribution in [0, 0.1) is 0 Å². The highest BCUT2D eigenvalue weighted by atomic mass is 16.5. The van der Waals surface area contributed by atoms with Gasteiger partial charge in [0.25, 0.3) is 0 Å². The van der Waals surface area contributed by atoms with Crippen molar-refractivity contribution >= 4 is 5.96 Å². The summed E-state index contributed by atoms with van der Waals surface area (Å²) in [6.45, 7) is 5.83. The molecule has 2 aliphatic rings. The number of guanidine groups is 1. The van der Waals surface area contributed by atoms with Crippen LogP contribution in [0.15, 0.2) is 23.2 Å². The number of methoxy groups -OCH3 is 1. The van der Waals surface area contributed by atoms with E-state index in [1.165, 1.54) is 38.6 Å². The Balaban J connectivity index is 1.49. The predicted octanol–water partition coefficient (Wildman–Crippen LogP) is 3.17. The third kappa shape index (κ3) is 5.53. The van der Waals surface area contributed by atoms with Crippen molar-refractivity contribution in [3.63, 3.8) is 0 Å². The van der Waals surface area contributed by atoms with Gasteiger partial charge in [-0.3, -0.25) is 9.89 Å². The molecule has 0 spiro atoms. The van der Waals surface area contributed by atoms with Crippen molar-refractivity contribution in [2.75, 3.05) is 33.9 Å². The van der Waals surface area contributed by atoms with Crippen molar-refractivity contribution < 1.29 is 9.47 Å². The molecule has 1 saturated carbocycles. The van der Waals surface area contributed by atoms with Crippen molar-refractivity contribution in [2.24, 2.45) is 4.99 Å². The number of aliphatic imine (C=N–C) groups is 1. The Kier molecular flexibility index (Phi) is 7.83. The number of benzene rings is 1. The average molecular weight is 389 g/mol. The van der Waals surface area contributed by atoms with Crippen molar-refractivity contribution in [1.29, 1.82) is 0 Å². The minimum absolute atomic E-state index is 0.478. The first-order chi connectivity index (χ1) is 13.7. The van der Waals surface area contributed by atoms with Crippen LogP contribution in [0.5, 0.6) is 11.5 Å². The van der Waals surface area contributed by atoms with Gasteiger partial charge in [0.05, 0.1) is 13.7 Å². The molecule has 0 aromatic heterocycles. The highest BCUT2D eigenvalue weighted by Crippen LogP contribution is 2.28. The number of likely N-dealkylation sites (tertiary alicyclic amines) is 1. The monoisotopic (exact) mass is 388 g/mol. The van der Waals surface area contributed by atoms with Crippen molar-refractivity contribution in [3.8, 4) is 11.5 Å². The normalized spacial score (nSPS) is 21.1. The second-order valence-corrected chi connectivity index (χ2v) is 7.82. The highest BCUT2D eigenvalue weighted by Gasteiger charge is 2.30. The van der Waals surface area contributed by atoms with Crippen LogP contribution in [-0.2, 0) is 6.54 Å². The van der Waals surface area contributed by atoms with Gasteiger partial charge < -0.3 is 20.1 Å². The number of nitrogens with one attached hydrogen (secondary N) is 2. The summed E-state index contributed by atoms with van der Waals surface area (Å²) in [6.07, 6.45) is 7.71. The second-order valence-electron chi connectivity index (χ2n) is 7.82. The SMILES string of the molecule is CCCOc1ccc(CNC(=NC)NC2CCN(C3CCCC3)C2)cc1OC. The average Bonchev–Trinajstić information content (AvgIpc) is 3.41. The molecule has 0 bridgehead atoms. The molecule has 28 heavy (non-hydrogen) atoms. The van der Waals surface area contributed by atoms with E-state index in [9.17, 15) is 0 Å². The molecule has 1 aromatic rings. The molecule has 1 aliphatic heterocycles. The zero-order valence-corrected chi connectivity index (χ0v) is 17.7. The fourth-order valence-corrected chi connectivity index (χ4v) is 4.23. The van der Waals surface area contributed by atoms with Crippen LogP contribution in [-0.4, -0.2) is 56.8 Å². The molecular formula is C22H36N4O2. The molecule has 156 valence electrons. The first-order valence-electron chi connectivity index (χ1n) is 10.7. The number of nitrogens with zero attached hydrogens (tertiary/aromatic N) is 2. The van der Waals surface area contributed by atoms with Crippen LogP contribution in [0.3, 0.4) is 0 Å². The molecule has 1 atom stereocenters. The minimum Gasteiger partial charge on any atom is -0.493 e. The Labute approximate surface area is 169 Å². The number of rotatable bonds is 8. The topological polar surface area (TPSA) is 58.1 Å². The molecule has 2 N–H and O–H groups in total. The van der Waals surface area contributed by atoms with E-state index in [2.05, 4.69) is 33.5 Å². The van der Waals surface area contributed by atoms with Gasteiger partial charge in [-0.2, -0.15) is 0 Å². The third-order valence-corrected chi connectivity index (χ3v) is 5.77. The number of hydrogen-bond donors (Lipinski definition) is 2. The fourth-order valence-electron chi connectivity index (χ4n) is 4.23. The Morgan fingerprint density at radius 1 is 1.21 bits per heavy atom. The van der Waals surface area contributed by atoms with Gasteiger partial charge in [0.2, 0.25) is 0 Å². The molecule has 1 aromatic carbocycles. The second kappa shape index (κ2) is 10.6. The lowest BCUT2D eigenvalue weighted by Gasteiger charge is -2.24. The maximum absolute atomic E-state index is 5.73. The lowest BCUT2D eigenvalue weighted by atomic mass is 10.2. The minimum atomic E-state index is 0.478. The Morgan fingerprint density at radius 3 is 2.75 bits per heavy atom. The largest absolute Gasteiger partial charge is 0.493 e. The van der Waals surface area contributed by atoms with Crippen LogP contribution < -0.4 is 20.1 Å². The summed E-state index contributed by atoms with van der Waals surface area (Å²) in [6, 6.07) is 7.38. The van der Waals surface area contributed by atoms with E-state index < -0.39 is 0 Å². The smallest absolute Gasteiger partial charge is 0.191 e. The van der Waals surface area contributed by atoms with E-state index in [1.54, 1.807) is 7.11 Å². The van der Waals surface area contributed by atoms with E-state index >= 15 is 0 Å². The maximum atomic E-state index is 5.73. The molecule has 0 amide bonds. The Bertz CT molecular complexity index is 643. The van der Waals surface area contributed by atoms with Crippen LogP contribution >= 0.6 is 0 Å².